The molecule has 2 aliphatic rings. The molecule has 2 atom stereocenters. The van der Waals surface area contributed by atoms with Crippen LogP contribution >= 0.6 is 23.1 Å². The Morgan fingerprint density at radius 1 is 1.56 bits per heavy atom. The fourth-order valence-electron chi connectivity index (χ4n) is 2.86. The number of fused-ring (bicyclic) bond motifs is 1. The van der Waals surface area contributed by atoms with Crippen LogP contribution in [0.2, 0.25) is 0 Å². The Bertz CT molecular complexity index is 375. The van der Waals surface area contributed by atoms with E-state index >= 15 is 0 Å². The van der Waals surface area contributed by atoms with E-state index in [1.54, 1.807) is 15.3 Å². The fraction of sp³-hybridized carbons (Fsp3) is 0.714. The summed E-state index contributed by atoms with van der Waals surface area (Å²) in [7, 11) is 0. The van der Waals surface area contributed by atoms with Crippen LogP contribution in [0.1, 0.15) is 34.7 Å². The molecule has 1 aromatic heterocycles. The minimum Gasteiger partial charge on any atom is -0.381 e. The summed E-state index contributed by atoms with van der Waals surface area (Å²) < 4.78 is 5.57. The zero-order chi connectivity index (χ0) is 12.4. The maximum absolute atomic E-state index is 5.57. The largest absolute Gasteiger partial charge is 0.381 e. The average Bonchev–Trinajstić information content (AvgIpc) is 3.04. The third-order valence-corrected chi connectivity index (χ3v) is 6.14. The zero-order valence-corrected chi connectivity index (χ0v) is 12.5. The molecule has 0 radical (unpaired) electrons. The molecule has 2 unspecified atom stereocenters. The minimum atomic E-state index is 0.512. The normalized spacial score (nSPS) is 25.1. The molecule has 1 fully saturated rings. The van der Waals surface area contributed by atoms with E-state index < -0.39 is 0 Å². The Morgan fingerprint density at radius 3 is 3.22 bits per heavy atom. The third-order valence-electron chi connectivity index (χ3n) is 3.81. The van der Waals surface area contributed by atoms with Gasteiger partial charge in [0.15, 0.2) is 0 Å². The lowest BCUT2D eigenvalue weighted by molar-refractivity contribution is 0.177. The molecule has 3 rings (SSSR count). The molecule has 4 heteroatoms. The second-order valence-electron chi connectivity index (χ2n) is 5.06. The number of thiophene rings is 1. The van der Waals surface area contributed by atoms with Gasteiger partial charge >= 0.3 is 0 Å². The number of rotatable bonds is 4. The van der Waals surface area contributed by atoms with Crippen molar-refractivity contribution in [3.8, 4) is 0 Å². The molecule has 0 amide bonds. The highest BCUT2D eigenvalue weighted by Gasteiger charge is 2.28. The molecule has 3 heterocycles. The summed E-state index contributed by atoms with van der Waals surface area (Å²) >= 11 is 4.11. The SMILES string of the molecule is CCNC(c1cc2c(s1)CCSC2)C1CCOC1. The first kappa shape index (κ1) is 13.0. The predicted octanol–water partition coefficient (Wildman–Crippen LogP) is 3.22. The molecular formula is C14H21NOS2. The van der Waals surface area contributed by atoms with E-state index in [0.717, 1.165) is 19.8 Å². The van der Waals surface area contributed by atoms with Crippen molar-refractivity contribution < 1.29 is 4.74 Å². The first-order valence-electron chi connectivity index (χ1n) is 6.89. The van der Waals surface area contributed by atoms with Crippen LogP contribution in [0.4, 0.5) is 0 Å². The number of aryl methyl sites for hydroxylation is 1. The van der Waals surface area contributed by atoms with Crippen LogP contribution in [0, 0.1) is 5.92 Å². The lowest BCUT2D eigenvalue weighted by Gasteiger charge is -2.22. The standard InChI is InChI=1S/C14H21NOS2/c1-2-15-14(10-3-5-16-8-10)13-7-11-9-17-6-4-12(11)18-13/h7,10,14-15H,2-6,8-9H2,1H3. The Labute approximate surface area is 117 Å². The Balaban J connectivity index is 1.82. The van der Waals surface area contributed by atoms with Crippen molar-refractivity contribution in [2.24, 2.45) is 5.92 Å². The van der Waals surface area contributed by atoms with E-state index in [1.165, 1.54) is 24.3 Å². The van der Waals surface area contributed by atoms with Gasteiger partial charge in [0.1, 0.15) is 0 Å². The van der Waals surface area contributed by atoms with Crippen molar-refractivity contribution in [1.82, 2.24) is 5.32 Å². The second-order valence-corrected chi connectivity index (χ2v) is 7.33. The van der Waals surface area contributed by atoms with Crippen LogP contribution in [0.3, 0.4) is 0 Å². The summed E-state index contributed by atoms with van der Waals surface area (Å²) in [4.78, 5) is 3.17. The molecule has 0 aromatic carbocycles. The zero-order valence-electron chi connectivity index (χ0n) is 10.9. The van der Waals surface area contributed by atoms with Crippen molar-refractivity contribution in [2.45, 2.75) is 31.6 Å². The quantitative estimate of drug-likeness (QED) is 0.917. The minimum absolute atomic E-state index is 0.512. The van der Waals surface area contributed by atoms with Gasteiger partial charge in [-0.1, -0.05) is 6.92 Å². The van der Waals surface area contributed by atoms with Crippen molar-refractivity contribution in [3.05, 3.63) is 21.4 Å². The van der Waals surface area contributed by atoms with Gasteiger partial charge in [-0.05, 0) is 36.8 Å². The monoisotopic (exact) mass is 283 g/mol. The molecular weight excluding hydrogens is 262 g/mol. The van der Waals surface area contributed by atoms with Crippen molar-refractivity contribution >= 4 is 23.1 Å². The summed E-state index contributed by atoms with van der Waals surface area (Å²) in [5.74, 6) is 3.18. The molecule has 1 saturated heterocycles. The molecule has 1 aromatic rings. The molecule has 1 N–H and O–H groups in total. The van der Waals surface area contributed by atoms with Crippen molar-refractivity contribution in [1.29, 1.82) is 0 Å². The van der Waals surface area contributed by atoms with Gasteiger partial charge < -0.3 is 10.1 Å². The maximum Gasteiger partial charge on any atom is 0.0513 e. The van der Waals surface area contributed by atoms with Gasteiger partial charge in [-0.25, -0.2) is 0 Å². The first-order chi connectivity index (χ1) is 8.88. The van der Waals surface area contributed by atoms with Crippen LogP contribution in [0.25, 0.3) is 0 Å². The topological polar surface area (TPSA) is 21.3 Å². The van der Waals surface area contributed by atoms with Crippen LogP contribution in [-0.4, -0.2) is 25.5 Å². The Hall–Kier alpha value is -0.0300. The van der Waals surface area contributed by atoms with E-state index in [-0.39, 0.29) is 0 Å². The molecule has 18 heavy (non-hydrogen) atoms. The van der Waals surface area contributed by atoms with Crippen LogP contribution in [-0.2, 0) is 16.9 Å². The van der Waals surface area contributed by atoms with E-state index in [0.29, 0.717) is 12.0 Å². The molecule has 0 saturated carbocycles. The third kappa shape index (κ3) is 2.62. The highest BCUT2D eigenvalue weighted by Crippen LogP contribution is 2.38. The molecule has 0 aliphatic carbocycles. The number of thioether (sulfide) groups is 1. The van der Waals surface area contributed by atoms with Crippen molar-refractivity contribution in [2.75, 3.05) is 25.5 Å². The number of hydrogen-bond donors (Lipinski definition) is 1. The smallest absolute Gasteiger partial charge is 0.0513 e. The van der Waals surface area contributed by atoms with Gasteiger partial charge in [0, 0.05) is 34.1 Å². The maximum atomic E-state index is 5.57. The summed E-state index contributed by atoms with van der Waals surface area (Å²) in [6.45, 7) is 5.10. The molecule has 2 nitrogen and oxygen atoms in total. The predicted molar refractivity (Wildman–Crippen MR) is 79.5 cm³/mol. The van der Waals surface area contributed by atoms with E-state index in [1.807, 2.05) is 11.3 Å². The summed E-state index contributed by atoms with van der Waals surface area (Å²) in [5.41, 5.74) is 1.59. The fourth-order valence-corrected chi connectivity index (χ4v) is 5.40. The van der Waals surface area contributed by atoms with Crippen LogP contribution in [0.15, 0.2) is 6.07 Å². The number of hydrogen-bond acceptors (Lipinski definition) is 4. The summed E-state index contributed by atoms with van der Waals surface area (Å²) in [6, 6.07) is 2.97. The molecule has 0 bridgehead atoms. The first-order valence-corrected chi connectivity index (χ1v) is 8.86. The lowest BCUT2D eigenvalue weighted by Crippen LogP contribution is -2.27. The Morgan fingerprint density at radius 2 is 2.50 bits per heavy atom. The Kier molecular flexibility index (Phi) is 4.29. The van der Waals surface area contributed by atoms with Gasteiger partial charge in [-0.15, -0.1) is 11.3 Å². The van der Waals surface area contributed by atoms with E-state index in [2.05, 4.69) is 30.1 Å². The summed E-state index contributed by atoms with van der Waals surface area (Å²) in [5, 5.41) is 3.67. The van der Waals surface area contributed by atoms with E-state index in [9.17, 15) is 0 Å². The van der Waals surface area contributed by atoms with Gasteiger partial charge in [-0.3, -0.25) is 0 Å². The van der Waals surface area contributed by atoms with Crippen LogP contribution in [0.5, 0.6) is 0 Å². The van der Waals surface area contributed by atoms with Crippen molar-refractivity contribution in [3.63, 3.8) is 0 Å². The molecule has 100 valence electrons. The summed E-state index contributed by atoms with van der Waals surface area (Å²) in [6.07, 6.45) is 2.47. The van der Waals surface area contributed by atoms with Gasteiger partial charge in [-0.2, -0.15) is 11.8 Å². The van der Waals surface area contributed by atoms with Crippen LogP contribution < -0.4 is 5.32 Å². The average molecular weight is 283 g/mol. The number of ether oxygens (including phenoxy) is 1. The lowest BCUT2D eigenvalue weighted by atomic mass is 9.97. The highest BCUT2D eigenvalue weighted by atomic mass is 32.2. The van der Waals surface area contributed by atoms with Gasteiger partial charge in [0.2, 0.25) is 0 Å². The van der Waals surface area contributed by atoms with Gasteiger partial charge in [0.25, 0.3) is 0 Å². The number of nitrogens with one attached hydrogen (secondary N) is 1. The van der Waals surface area contributed by atoms with Gasteiger partial charge in [0.05, 0.1) is 6.61 Å². The molecule has 2 aliphatic heterocycles. The second kappa shape index (κ2) is 5.95. The van der Waals surface area contributed by atoms with E-state index in [4.69, 9.17) is 4.74 Å². The molecule has 0 spiro atoms. The highest BCUT2D eigenvalue weighted by molar-refractivity contribution is 7.98.